The van der Waals surface area contributed by atoms with Crippen molar-refractivity contribution in [3.63, 3.8) is 0 Å². The molecule has 0 aromatic heterocycles. The molecule has 0 bridgehead atoms. The minimum atomic E-state index is -0.538. The van der Waals surface area contributed by atoms with E-state index in [1.54, 1.807) is 24.3 Å². The van der Waals surface area contributed by atoms with Crippen LogP contribution >= 0.6 is 0 Å². The van der Waals surface area contributed by atoms with Crippen molar-refractivity contribution in [2.24, 2.45) is 35.5 Å². The number of rotatable bonds is 0. The third-order valence-electron chi connectivity index (χ3n) is 7.06. The summed E-state index contributed by atoms with van der Waals surface area (Å²) in [5.74, 6) is -3.14. The van der Waals surface area contributed by atoms with Gasteiger partial charge >= 0.3 is 23.9 Å². The van der Waals surface area contributed by atoms with Gasteiger partial charge in [0.05, 0.1) is 23.7 Å². The number of carbonyl (C=O) groups excluding carboxylic acids is 4. The lowest BCUT2D eigenvalue weighted by Gasteiger charge is -2.31. The van der Waals surface area contributed by atoms with E-state index in [1.165, 1.54) is 0 Å². The maximum absolute atomic E-state index is 12.7. The fourth-order valence-electron chi connectivity index (χ4n) is 5.07. The zero-order chi connectivity index (χ0) is 24.5. The normalized spacial score (nSPS) is 36.4. The van der Waals surface area contributed by atoms with Gasteiger partial charge in [-0.05, 0) is 74.7 Å². The van der Waals surface area contributed by atoms with Crippen LogP contribution in [0.1, 0.15) is 52.4 Å². The first-order valence-corrected chi connectivity index (χ1v) is 12.3. The third kappa shape index (κ3) is 7.18. The Morgan fingerprint density at radius 3 is 1.12 bits per heavy atom. The lowest BCUT2D eigenvalue weighted by atomic mass is 9.74. The first-order valence-electron chi connectivity index (χ1n) is 12.3. The minimum Gasteiger partial charge on any atom is -0.461 e. The van der Waals surface area contributed by atoms with Gasteiger partial charge < -0.3 is 18.9 Å². The second-order valence-corrected chi connectivity index (χ2v) is 9.73. The topological polar surface area (TPSA) is 105 Å². The molecule has 1 heterocycles. The summed E-state index contributed by atoms with van der Waals surface area (Å²) in [6.45, 7) is 4.23. The largest absolute Gasteiger partial charge is 0.461 e. The Balaban J connectivity index is 1.68. The molecule has 0 N–H and O–H groups in total. The second kappa shape index (κ2) is 12.7. The standard InChI is InChI=1S/C26H36O8/c1-17-7-9-19-21(15-17)25(29)33-13-5-3-12-32-24(28)20-10-8-18(2)16-22(20)26(30)34-14-6-4-11-31-23(19)27/h3-6,17-22H,7-16H2,1-2H3/b5-3+,6-4+. The van der Waals surface area contributed by atoms with Crippen molar-refractivity contribution in [3.8, 4) is 0 Å². The van der Waals surface area contributed by atoms with Gasteiger partial charge in [0, 0.05) is 0 Å². The van der Waals surface area contributed by atoms with Gasteiger partial charge in [-0.2, -0.15) is 0 Å². The molecule has 0 amide bonds. The summed E-state index contributed by atoms with van der Waals surface area (Å²) in [5, 5.41) is 0. The van der Waals surface area contributed by atoms with Crippen LogP contribution in [-0.2, 0) is 38.1 Å². The number of fused-ring (bicyclic) bond motifs is 2. The highest BCUT2D eigenvalue weighted by molar-refractivity contribution is 5.83. The lowest BCUT2D eigenvalue weighted by molar-refractivity contribution is -0.162. The molecule has 0 radical (unpaired) electrons. The molecule has 3 rings (SSSR count). The van der Waals surface area contributed by atoms with E-state index in [4.69, 9.17) is 18.9 Å². The van der Waals surface area contributed by atoms with Gasteiger partial charge in [0.2, 0.25) is 0 Å². The van der Waals surface area contributed by atoms with Crippen LogP contribution < -0.4 is 0 Å². The van der Waals surface area contributed by atoms with E-state index >= 15 is 0 Å². The quantitative estimate of drug-likeness (QED) is 0.298. The van der Waals surface area contributed by atoms with E-state index < -0.39 is 47.5 Å². The summed E-state index contributed by atoms with van der Waals surface area (Å²) in [5.41, 5.74) is 0. The molecule has 3 aliphatic rings. The Morgan fingerprint density at radius 2 is 0.794 bits per heavy atom. The molecule has 2 aliphatic carbocycles. The first kappa shape index (κ1) is 26.0. The molecule has 2 fully saturated rings. The molecule has 6 atom stereocenters. The number of cyclic esters (lactones) is 4. The maximum atomic E-state index is 12.7. The molecule has 188 valence electrons. The van der Waals surface area contributed by atoms with Crippen LogP contribution in [-0.4, -0.2) is 50.3 Å². The van der Waals surface area contributed by atoms with Crippen LogP contribution in [0, 0.1) is 35.5 Å². The highest BCUT2D eigenvalue weighted by Gasteiger charge is 2.41. The van der Waals surface area contributed by atoms with Crippen LogP contribution in [0.15, 0.2) is 24.3 Å². The number of carbonyl (C=O) groups is 4. The average molecular weight is 477 g/mol. The highest BCUT2D eigenvalue weighted by atomic mass is 16.5. The van der Waals surface area contributed by atoms with E-state index in [2.05, 4.69) is 13.8 Å². The van der Waals surface area contributed by atoms with Crippen LogP contribution in [0.2, 0.25) is 0 Å². The Bertz CT molecular complexity index is 735. The van der Waals surface area contributed by atoms with Crippen molar-refractivity contribution < 1.29 is 38.1 Å². The molecule has 8 heteroatoms. The molecule has 8 nitrogen and oxygen atoms in total. The van der Waals surface area contributed by atoms with Crippen LogP contribution in [0.5, 0.6) is 0 Å². The molecule has 34 heavy (non-hydrogen) atoms. The van der Waals surface area contributed by atoms with Crippen molar-refractivity contribution in [1.82, 2.24) is 0 Å². The molecule has 0 aromatic rings. The monoisotopic (exact) mass is 476 g/mol. The van der Waals surface area contributed by atoms with E-state index in [0.717, 1.165) is 12.8 Å². The average Bonchev–Trinajstić information content (AvgIpc) is 2.82. The van der Waals surface area contributed by atoms with Gasteiger partial charge in [-0.3, -0.25) is 19.2 Å². The van der Waals surface area contributed by atoms with Gasteiger partial charge in [0.25, 0.3) is 0 Å². The van der Waals surface area contributed by atoms with Gasteiger partial charge in [0.15, 0.2) is 0 Å². The maximum Gasteiger partial charge on any atom is 0.310 e. The van der Waals surface area contributed by atoms with Crippen molar-refractivity contribution in [2.75, 3.05) is 26.4 Å². The Hall–Kier alpha value is -2.64. The van der Waals surface area contributed by atoms with Crippen LogP contribution in [0.4, 0.5) is 0 Å². The fraction of sp³-hybridized carbons (Fsp3) is 0.692. The fourth-order valence-corrected chi connectivity index (χ4v) is 5.07. The van der Waals surface area contributed by atoms with Gasteiger partial charge in [-0.15, -0.1) is 0 Å². The van der Waals surface area contributed by atoms with Gasteiger partial charge in [0.1, 0.15) is 26.4 Å². The summed E-state index contributed by atoms with van der Waals surface area (Å²) >= 11 is 0. The number of ether oxygens (including phenoxy) is 4. The Morgan fingerprint density at radius 1 is 0.500 bits per heavy atom. The number of esters is 4. The first-order chi connectivity index (χ1) is 16.4. The van der Waals surface area contributed by atoms with Crippen LogP contribution in [0.25, 0.3) is 0 Å². The van der Waals surface area contributed by atoms with E-state index in [1.807, 2.05) is 0 Å². The van der Waals surface area contributed by atoms with Crippen molar-refractivity contribution in [2.45, 2.75) is 52.4 Å². The predicted molar refractivity (Wildman–Crippen MR) is 122 cm³/mol. The lowest BCUT2D eigenvalue weighted by Crippen LogP contribution is -2.37. The Kier molecular flexibility index (Phi) is 9.72. The summed E-state index contributed by atoms with van der Waals surface area (Å²) in [6, 6.07) is 0. The molecular formula is C26H36O8. The van der Waals surface area contributed by atoms with E-state index in [0.29, 0.717) is 37.5 Å². The summed E-state index contributed by atoms with van der Waals surface area (Å²) in [6.07, 6.45) is 10.5. The molecule has 0 aromatic carbocycles. The minimum absolute atomic E-state index is 0.0294. The zero-order valence-corrected chi connectivity index (χ0v) is 20.1. The predicted octanol–water partition coefficient (Wildman–Crippen LogP) is 3.39. The van der Waals surface area contributed by atoms with E-state index in [-0.39, 0.29) is 26.4 Å². The third-order valence-corrected chi connectivity index (χ3v) is 7.06. The van der Waals surface area contributed by atoms with Crippen molar-refractivity contribution >= 4 is 23.9 Å². The smallest absolute Gasteiger partial charge is 0.310 e. The summed E-state index contributed by atoms with van der Waals surface area (Å²) < 4.78 is 21.5. The van der Waals surface area contributed by atoms with Gasteiger partial charge in [-0.1, -0.05) is 13.8 Å². The molecule has 1 aliphatic heterocycles. The van der Waals surface area contributed by atoms with Gasteiger partial charge in [-0.25, -0.2) is 0 Å². The zero-order valence-electron chi connectivity index (χ0n) is 20.1. The summed E-state index contributed by atoms with van der Waals surface area (Å²) in [7, 11) is 0. The molecule has 2 saturated carbocycles. The van der Waals surface area contributed by atoms with E-state index in [9.17, 15) is 19.2 Å². The number of hydrogen-bond donors (Lipinski definition) is 0. The highest BCUT2D eigenvalue weighted by Crippen LogP contribution is 2.36. The van der Waals surface area contributed by atoms with Crippen molar-refractivity contribution in [1.29, 1.82) is 0 Å². The molecule has 0 saturated heterocycles. The molecular weight excluding hydrogens is 440 g/mol. The molecule has 6 unspecified atom stereocenters. The Labute approximate surface area is 201 Å². The second-order valence-electron chi connectivity index (χ2n) is 9.73. The molecule has 0 spiro atoms. The summed E-state index contributed by atoms with van der Waals surface area (Å²) in [4.78, 5) is 50.6. The van der Waals surface area contributed by atoms with Crippen LogP contribution in [0.3, 0.4) is 0 Å². The SMILES string of the molecule is CC1CCC2C(=O)OC/C=C/COC(=O)C3CC(C)CCC3C(=O)OC/C=C/COC(=O)C2C1. The number of hydrogen-bond acceptors (Lipinski definition) is 8. The van der Waals surface area contributed by atoms with Crippen molar-refractivity contribution in [3.05, 3.63) is 24.3 Å².